The molecule has 2 saturated carbocycles. The van der Waals surface area contributed by atoms with Crippen LogP contribution in [0.3, 0.4) is 0 Å². The van der Waals surface area contributed by atoms with E-state index in [0.29, 0.717) is 17.8 Å². The third-order valence-corrected chi connectivity index (χ3v) is 4.75. The molecule has 18 heavy (non-hydrogen) atoms. The number of hydrogen-bond acceptors (Lipinski definition) is 3. The van der Waals surface area contributed by atoms with Gasteiger partial charge < -0.3 is 4.90 Å². The fourth-order valence-corrected chi connectivity index (χ4v) is 3.52. The molecule has 2 aliphatic carbocycles. The Morgan fingerprint density at radius 2 is 1.89 bits per heavy atom. The summed E-state index contributed by atoms with van der Waals surface area (Å²) in [6, 6.07) is 0.975. The van der Waals surface area contributed by atoms with Crippen molar-refractivity contribution in [2.75, 3.05) is 0 Å². The van der Waals surface area contributed by atoms with E-state index in [1.807, 2.05) is 12.3 Å². The van der Waals surface area contributed by atoms with Crippen molar-refractivity contribution in [1.29, 1.82) is 0 Å². The molecule has 1 heterocycles. The molecule has 3 nitrogen and oxygen atoms in total. The van der Waals surface area contributed by atoms with Crippen LogP contribution in [0.4, 0.5) is 0 Å². The average Bonchev–Trinajstić information content (AvgIpc) is 3.12. The first-order valence-electron chi connectivity index (χ1n) is 7.00. The quantitative estimate of drug-likeness (QED) is 0.838. The van der Waals surface area contributed by atoms with Crippen LogP contribution in [0.15, 0.2) is 5.38 Å². The Bertz CT molecular complexity index is 433. The number of carbonyl (C=O) groups excluding carboxylic acids is 1. The molecular formula is C14H20N2OS. The molecule has 2 aliphatic rings. The van der Waals surface area contributed by atoms with Crippen LogP contribution in [0.1, 0.15) is 60.4 Å². The van der Waals surface area contributed by atoms with Crippen LogP contribution in [0, 0.1) is 6.92 Å². The second-order valence-corrected chi connectivity index (χ2v) is 6.55. The highest BCUT2D eigenvalue weighted by Crippen LogP contribution is 2.34. The van der Waals surface area contributed by atoms with Gasteiger partial charge in [-0.3, -0.25) is 4.79 Å². The van der Waals surface area contributed by atoms with Gasteiger partial charge in [0, 0.05) is 17.5 Å². The number of hydrogen-bond donors (Lipinski definition) is 0. The predicted octanol–water partition coefficient (Wildman–Crippen LogP) is 3.39. The molecule has 0 aliphatic heterocycles. The summed E-state index contributed by atoms with van der Waals surface area (Å²) in [5.74, 6) is 0.175. The lowest BCUT2D eigenvalue weighted by Gasteiger charge is -2.34. The Kier molecular flexibility index (Phi) is 3.37. The fourth-order valence-electron chi connectivity index (χ4n) is 2.94. The molecule has 2 fully saturated rings. The van der Waals surface area contributed by atoms with Crippen LogP contribution < -0.4 is 0 Å². The van der Waals surface area contributed by atoms with Crippen LogP contribution in [0.5, 0.6) is 0 Å². The van der Waals surface area contributed by atoms with Gasteiger partial charge >= 0.3 is 0 Å². The van der Waals surface area contributed by atoms with Crippen LogP contribution in [-0.4, -0.2) is 27.9 Å². The predicted molar refractivity (Wildman–Crippen MR) is 72.9 cm³/mol. The number of aryl methyl sites for hydroxylation is 1. The minimum atomic E-state index is 0.175. The molecule has 98 valence electrons. The van der Waals surface area contributed by atoms with Crippen molar-refractivity contribution in [3.8, 4) is 0 Å². The van der Waals surface area contributed by atoms with Gasteiger partial charge in [0.1, 0.15) is 5.69 Å². The van der Waals surface area contributed by atoms with E-state index >= 15 is 0 Å². The average molecular weight is 264 g/mol. The van der Waals surface area contributed by atoms with Crippen molar-refractivity contribution >= 4 is 17.2 Å². The van der Waals surface area contributed by atoms with Gasteiger partial charge in [0.25, 0.3) is 5.91 Å². The van der Waals surface area contributed by atoms with E-state index in [4.69, 9.17) is 0 Å². The van der Waals surface area contributed by atoms with E-state index in [1.165, 1.54) is 44.9 Å². The highest BCUT2D eigenvalue weighted by molar-refractivity contribution is 7.09. The Balaban J connectivity index is 1.78. The molecule has 0 atom stereocenters. The molecule has 0 saturated heterocycles. The lowest BCUT2D eigenvalue weighted by atomic mass is 9.94. The van der Waals surface area contributed by atoms with E-state index in [2.05, 4.69) is 9.88 Å². The van der Waals surface area contributed by atoms with E-state index in [-0.39, 0.29) is 5.91 Å². The monoisotopic (exact) mass is 264 g/mol. The number of amides is 1. The zero-order chi connectivity index (χ0) is 12.5. The van der Waals surface area contributed by atoms with E-state index in [9.17, 15) is 4.79 Å². The summed E-state index contributed by atoms with van der Waals surface area (Å²) in [6.07, 6.45) is 8.63. The third-order valence-electron chi connectivity index (χ3n) is 3.98. The summed E-state index contributed by atoms with van der Waals surface area (Å²) in [7, 11) is 0. The van der Waals surface area contributed by atoms with Gasteiger partial charge in [0.2, 0.25) is 0 Å². The molecule has 0 bridgehead atoms. The number of carbonyl (C=O) groups is 1. The lowest BCUT2D eigenvalue weighted by Crippen LogP contribution is -2.43. The molecule has 1 aromatic rings. The van der Waals surface area contributed by atoms with E-state index < -0.39 is 0 Å². The normalized spacial score (nSPS) is 20.9. The maximum absolute atomic E-state index is 12.6. The summed E-state index contributed by atoms with van der Waals surface area (Å²) in [5, 5.41) is 2.90. The van der Waals surface area contributed by atoms with Gasteiger partial charge in [-0.2, -0.15) is 0 Å². The molecule has 0 N–H and O–H groups in total. The van der Waals surface area contributed by atoms with Crippen LogP contribution in [0.25, 0.3) is 0 Å². The van der Waals surface area contributed by atoms with Crippen molar-refractivity contribution in [3.05, 3.63) is 16.1 Å². The van der Waals surface area contributed by atoms with Gasteiger partial charge in [-0.05, 0) is 32.6 Å². The van der Waals surface area contributed by atoms with Gasteiger partial charge in [-0.25, -0.2) is 4.98 Å². The second kappa shape index (κ2) is 5.00. The van der Waals surface area contributed by atoms with Crippen molar-refractivity contribution in [1.82, 2.24) is 9.88 Å². The van der Waals surface area contributed by atoms with Crippen molar-refractivity contribution in [2.45, 2.75) is 64.0 Å². The van der Waals surface area contributed by atoms with Crippen molar-refractivity contribution in [3.63, 3.8) is 0 Å². The van der Waals surface area contributed by atoms with Crippen LogP contribution in [-0.2, 0) is 0 Å². The largest absolute Gasteiger partial charge is 0.331 e. The highest BCUT2D eigenvalue weighted by Gasteiger charge is 2.38. The highest BCUT2D eigenvalue weighted by atomic mass is 32.1. The molecule has 4 heteroatoms. The topological polar surface area (TPSA) is 33.2 Å². The minimum Gasteiger partial charge on any atom is -0.331 e. The van der Waals surface area contributed by atoms with E-state index in [0.717, 1.165) is 5.01 Å². The number of aromatic nitrogens is 1. The zero-order valence-corrected chi connectivity index (χ0v) is 11.7. The molecular weight excluding hydrogens is 244 g/mol. The van der Waals surface area contributed by atoms with Crippen molar-refractivity contribution < 1.29 is 4.79 Å². The van der Waals surface area contributed by atoms with Gasteiger partial charge in [0.15, 0.2) is 0 Å². The smallest absolute Gasteiger partial charge is 0.273 e. The summed E-state index contributed by atoms with van der Waals surface area (Å²) in [6.45, 7) is 1.96. The standard InChI is InChI=1S/C14H20N2OS/c1-10-15-13(9-18-10)14(17)16(12-7-8-12)11-5-3-2-4-6-11/h9,11-12H,2-8H2,1H3. The maximum Gasteiger partial charge on any atom is 0.273 e. The summed E-state index contributed by atoms with van der Waals surface area (Å²) in [4.78, 5) is 19.1. The molecule has 0 radical (unpaired) electrons. The first-order valence-corrected chi connectivity index (χ1v) is 7.88. The van der Waals surface area contributed by atoms with Gasteiger partial charge in [0.05, 0.1) is 5.01 Å². The first kappa shape index (κ1) is 12.2. The Labute approximate surface area is 112 Å². The summed E-state index contributed by atoms with van der Waals surface area (Å²) in [5.41, 5.74) is 0.662. The molecule has 0 unspecified atom stereocenters. The molecule has 1 aromatic heterocycles. The summed E-state index contributed by atoms with van der Waals surface area (Å²) < 4.78 is 0. The number of thiazole rings is 1. The lowest BCUT2D eigenvalue weighted by molar-refractivity contribution is 0.0608. The molecule has 3 rings (SSSR count). The van der Waals surface area contributed by atoms with Crippen molar-refractivity contribution in [2.24, 2.45) is 0 Å². The number of nitrogens with zero attached hydrogens (tertiary/aromatic N) is 2. The van der Waals surface area contributed by atoms with Gasteiger partial charge in [-0.15, -0.1) is 11.3 Å². The summed E-state index contributed by atoms with van der Waals surface area (Å²) >= 11 is 1.57. The Morgan fingerprint density at radius 3 is 2.44 bits per heavy atom. The molecule has 0 aromatic carbocycles. The third kappa shape index (κ3) is 2.44. The van der Waals surface area contributed by atoms with Crippen LogP contribution >= 0.6 is 11.3 Å². The number of rotatable bonds is 3. The Hall–Kier alpha value is -0.900. The molecule has 1 amide bonds. The maximum atomic E-state index is 12.6. The zero-order valence-electron chi connectivity index (χ0n) is 10.9. The SMILES string of the molecule is Cc1nc(C(=O)N(C2CCCCC2)C2CC2)cs1. The van der Waals surface area contributed by atoms with E-state index in [1.54, 1.807) is 11.3 Å². The Morgan fingerprint density at radius 1 is 1.22 bits per heavy atom. The van der Waals surface area contributed by atoms with Crippen LogP contribution in [0.2, 0.25) is 0 Å². The fraction of sp³-hybridized carbons (Fsp3) is 0.714. The minimum absolute atomic E-state index is 0.175. The molecule has 0 spiro atoms. The van der Waals surface area contributed by atoms with Gasteiger partial charge in [-0.1, -0.05) is 19.3 Å². The first-order chi connectivity index (χ1) is 8.75. The second-order valence-electron chi connectivity index (χ2n) is 5.49.